The second-order valence-electron chi connectivity index (χ2n) is 5.40. The molecule has 0 amide bonds. The van der Waals surface area contributed by atoms with Gasteiger partial charge in [-0.25, -0.2) is 4.79 Å². The number of carbonyl (C=O) groups excluding carboxylic acids is 1. The van der Waals surface area contributed by atoms with Gasteiger partial charge in [-0.15, -0.1) is 20.4 Å². The van der Waals surface area contributed by atoms with Crippen LogP contribution in [0.5, 0.6) is 11.5 Å². The number of rotatable bonds is 0. The molecular formula is C18H14N4O4. The molecule has 0 fully saturated rings. The molecule has 0 aliphatic carbocycles. The summed E-state index contributed by atoms with van der Waals surface area (Å²) in [4.78, 5) is 11.8. The molecule has 130 valence electrons. The summed E-state index contributed by atoms with van der Waals surface area (Å²) in [7, 11) is 0. The predicted octanol–water partition coefficient (Wildman–Crippen LogP) is 1.91. The van der Waals surface area contributed by atoms with E-state index in [4.69, 9.17) is 14.2 Å². The predicted molar refractivity (Wildman–Crippen MR) is 90.4 cm³/mol. The summed E-state index contributed by atoms with van der Waals surface area (Å²) in [5.41, 5.74) is 1.25. The van der Waals surface area contributed by atoms with Crippen molar-refractivity contribution in [1.29, 1.82) is 0 Å². The lowest BCUT2D eigenvalue weighted by Crippen LogP contribution is -2.18. The largest absolute Gasteiger partial charge is 0.489 e. The zero-order valence-corrected chi connectivity index (χ0v) is 13.7. The third-order valence-electron chi connectivity index (χ3n) is 3.68. The summed E-state index contributed by atoms with van der Waals surface area (Å²) in [5, 5.41) is 16.6. The van der Waals surface area contributed by atoms with Gasteiger partial charge in [0, 0.05) is 0 Å². The maximum Gasteiger partial charge on any atom is 0.344 e. The molecule has 1 aromatic heterocycles. The Labute approximate surface area is 148 Å². The fourth-order valence-corrected chi connectivity index (χ4v) is 2.48. The molecule has 5 rings (SSSR count). The Bertz CT molecular complexity index is 930. The first-order chi connectivity index (χ1) is 12.8. The molecular weight excluding hydrogens is 336 g/mol. The monoisotopic (exact) mass is 350 g/mol. The molecule has 2 bridgehead atoms. The molecule has 0 N–H and O–H groups in total. The van der Waals surface area contributed by atoms with Crippen molar-refractivity contribution >= 4 is 5.97 Å². The lowest BCUT2D eigenvalue weighted by atomic mass is 10.2. The van der Waals surface area contributed by atoms with Crippen molar-refractivity contribution in [1.82, 2.24) is 20.4 Å². The van der Waals surface area contributed by atoms with E-state index in [1.807, 2.05) is 24.3 Å². The van der Waals surface area contributed by atoms with Crippen LogP contribution in [-0.4, -0.2) is 46.2 Å². The fourth-order valence-electron chi connectivity index (χ4n) is 2.48. The average Bonchev–Trinajstić information content (AvgIpc) is 2.70. The summed E-state index contributed by atoms with van der Waals surface area (Å²) in [6.07, 6.45) is 0. The minimum atomic E-state index is -0.488. The number of para-hydroxylation sites is 2. The van der Waals surface area contributed by atoms with E-state index >= 15 is 0 Å². The first-order valence-electron chi connectivity index (χ1n) is 7.99. The number of benzene rings is 2. The zero-order chi connectivity index (χ0) is 17.8. The van der Waals surface area contributed by atoms with E-state index in [0.29, 0.717) is 34.3 Å². The van der Waals surface area contributed by atoms with Gasteiger partial charge in [-0.3, -0.25) is 0 Å². The van der Waals surface area contributed by atoms with E-state index in [1.54, 1.807) is 24.3 Å². The molecule has 8 nitrogen and oxygen atoms in total. The Morgan fingerprint density at radius 3 is 1.77 bits per heavy atom. The highest BCUT2D eigenvalue weighted by Gasteiger charge is 2.15. The minimum Gasteiger partial charge on any atom is -0.489 e. The van der Waals surface area contributed by atoms with Crippen molar-refractivity contribution in [3.63, 3.8) is 0 Å². The molecule has 0 radical (unpaired) electrons. The fraction of sp³-hybridized carbons (Fsp3) is 0.167. The van der Waals surface area contributed by atoms with Crippen LogP contribution in [-0.2, 0) is 9.53 Å². The van der Waals surface area contributed by atoms with Gasteiger partial charge in [0.1, 0.15) is 24.7 Å². The Morgan fingerprint density at radius 2 is 1.15 bits per heavy atom. The van der Waals surface area contributed by atoms with Crippen LogP contribution in [0.3, 0.4) is 0 Å². The van der Waals surface area contributed by atoms with Crippen LogP contribution >= 0.6 is 0 Å². The van der Waals surface area contributed by atoms with E-state index < -0.39 is 5.97 Å². The van der Waals surface area contributed by atoms with Crippen LogP contribution in [0.1, 0.15) is 0 Å². The van der Waals surface area contributed by atoms with Crippen molar-refractivity contribution in [3.05, 3.63) is 48.5 Å². The van der Waals surface area contributed by atoms with Crippen LogP contribution in [0, 0.1) is 0 Å². The highest BCUT2D eigenvalue weighted by Crippen LogP contribution is 2.29. The van der Waals surface area contributed by atoms with Gasteiger partial charge in [0.25, 0.3) is 0 Å². The summed E-state index contributed by atoms with van der Waals surface area (Å²) in [5.74, 6) is 1.16. The van der Waals surface area contributed by atoms with Crippen molar-refractivity contribution < 1.29 is 19.0 Å². The SMILES string of the molecule is O=C1COc2ccccc2-c2nnc(nn2)-c2ccccc2OCCO1. The Kier molecular flexibility index (Phi) is 4.38. The quantitative estimate of drug-likeness (QED) is 0.448. The number of hydrogen-bond donors (Lipinski definition) is 0. The molecule has 2 aliphatic rings. The summed E-state index contributed by atoms with van der Waals surface area (Å²) < 4.78 is 16.3. The van der Waals surface area contributed by atoms with Crippen LogP contribution in [0.25, 0.3) is 22.8 Å². The highest BCUT2D eigenvalue weighted by molar-refractivity contribution is 5.72. The van der Waals surface area contributed by atoms with Crippen molar-refractivity contribution in [3.8, 4) is 34.3 Å². The molecule has 0 saturated heterocycles. The van der Waals surface area contributed by atoms with Gasteiger partial charge < -0.3 is 14.2 Å². The molecule has 2 aromatic carbocycles. The number of fused-ring (bicyclic) bond motifs is 8. The van der Waals surface area contributed by atoms with Crippen molar-refractivity contribution in [2.45, 2.75) is 0 Å². The average molecular weight is 350 g/mol. The summed E-state index contributed by atoms with van der Waals surface area (Å²) in [6.45, 7) is 0.0682. The Hall–Kier alpha value is -3.55. The van der Waals surface area contributed by atoms with E-state index in [1.165, 1.54) is 0 Å². The molecule has 3 aromatic rings. The molecule has 0 unspecified atom stereocenters. The molecule has 2 aliphatic heterocycles. The zero-order valence-electron chi connectivity index (χ0n) is 13.7. The molecule has 0 saturated carbocycles. The van der Waals surface area contributed by atoms with Crippen LogP contribution in [0.15, 0.2) is 48.5 Å². The Balaban J connectivity index is 1.78. The number of hydrogen-bond acceptors (Lipinski definition) is 8. The Morgan fingerprint density at radius 1 is 0.654 bits per heavy atom. The molecule has 26 heavy (non-hydrogen) atoms. The smallest absolute Gasteiger partial charge is 0.344 e. The van der Waals surface area contributed by atoms with Crippen molar-refractivity contribution in [2.24, 2.45) is 0 Å². The molecule has 3 heterocycles. The third-order valence-corrected chi connectivity index (χ3v) is 3.68. The second kappa shape index (κ2) is 7.14. The maximum atomic E-state index is 11.8. The van der Waals surface area contributed by atoms with Gasteiger partial charge in [0.2, 0.25) is 11.6 Å². The lowest BCUT2D eigenvalue weighted by molar-refractivity contribution is -0.146. The number of esters is 1. The second-order valence-corrected chi connectivity index (χ2v) is 5.40. The van der Waals surface area contributed by atoms with Gasteiger partial charge in [0.15, 0.2) is 6.61 Å². The van der Waals surface area contributed by atoms with Crippen LogP contribution in [0.4, 0.5) is 0 Å². The van der Waals surface area contributed by atoms with Gasteiger partial charge in [0.05, 0.1) is 11.1 Å². The van der Waals surface area contributed by atoms with Gasteiger partial charge >= 0.3 is 5.97 Å². The third kappa shape index (κ3) is 3.30. The standard InChI is InChI=1S/C18H14N4O4/c23-16-11-26-15-8-4-2-6-13(15)18-21-19-17(20-22-18)12-5-1-3-7-14(12)24-9-10-25-16/h1-8H,9-11H2. The van der Waals surface area contributed by atoms with Gasteiger partial charge in [-0.1, -0.05) is 24.3 Å². The molecule has 0 atom stereocenters. The number of carbonyl (C=O) groups is 1. The summed E-state index contributed by atoms with van der Waals surface area (Å²) in [6, 6.07) is 14.4. The first kappa shape index (κ1) is 15.9. The van der Waals surface area contributed by atoms with Crippen molar-refractivity contribution in [2.75, 3.05) is 19.8 Å². The normalized spacial score (nSPS) is 13.9. The van der Waals surface area contributed by atoms with E-state index in [0.717, 1.165) is 0 Å². The lowest BCUT2D eigenvalue weighted by Gasteiger charge is -2.10. The van der Waals surface area contributed by atoms with Gasteiger partial charge in [-0.2, -0.15) is 0 Å². The summed E-state index contributed by atoms with van der Waals surface area (Å²) >= 11 is 0. The van der Waals surface area contributed by atoms with Crippen LogP contribution in [0.2, 0.25) is 0 Å². The number of ether oxygens (including phenoxy) is 3. The minimum absolute atomic E-state index is 0.105. The van der Waals surface area contributed by atoms with E-state index in [2.05, 4.69) is 20.4 Å². The van der Waals surface area contributed by atoms with Crippen LogP contribution < -0.4 is 9.47 Å². The van der Waals surface area contributed by atoms with E-state index in [9.17, 15) is 4.79 Å². The first-order valence-corrected chi connectivity index (χ1v) is 7.99. The van der Waals surface area contributed by atoms with E-state index in [-0.39, 0.29) is 19.8 Å². The molecule has 8 heteroatoms. The molecule has 0 spiro atoms. The number of aromatic nitrogens is 4. The number of nitrogens with zero attached hydrogens (tertiary/aromatic N) is 4. The maximum absolute atomic E-state index is 11.8. The topological polar surface area (TPSA) is 96.3 Å². The highest BCUT2D eigenvalue weighted by atomic mass is 16.6. The van der Waals surface area contributed by atoms with Gasteiger partial charge in [-0.05, 0) is 24.3 Å².